The van der Waals surface area contributed by atoms with Gasteiger partial charge in [0, 0.05) is 6.54 Å². The van der Waals surface area contributed by atoms with Crippen LogP contribution >= 0.6 is 11.6 Å². The van der Waals surface area contributed by atoms with Gasteiger partial charge in [-0.25, -0.2) is 9.18 Å². The summed E-state index contributed by atoms with van der Waals surface area (Å²) < 4.78 is 13.6. The number of benzene rings is 1. The maximum Gasteiger partial charge on any atom is 0.319 e. The maximum absolute atomic E-state index is 13.6. The Balaban J connectivity index is 2.55. The summed E-state index contributed by atoms with van der Waals surface area (Å²) in [6, 6.07) is 2.87. The van der Waals surface area contributed by atoms with Crippen molar-refractivity contribution in [1.29, 1.82) is 0 Å². The van der Waals surface area contributed by atoms with Crippen molar-refractivity contribution in [3.63, 3.8) is 0 Å². The second-order valence-electron chi connectivity index (χ2n) is 4.21. The van der Waals surface area contributed by atoms with Crippen molar-refractivity contribution in [2.45, 2.75) is 26.3 Å². The molecule has 0 bridgehead atoms. The minimum atomic E-state index is -0.719. The van der Waals surface area contributed by atoms with Gasteiger partial charge in [-0.1, -0.05) is 24.6 Å². The van der Waals surface area contributed by atoms with Crippen LogP contribution in [0, 0.1) is 5.82 Å². The van der Waals surface area contributed by atoms with Gasteiger partial charge in [0.1, 0.15) is 6.04 Å². The topological polar surface area (TPSA) is 70.2 Å². The highest BCUT2D eigenvalue weighted by atomic mass is 35.5. The number of nitrogens with one attached hydrogen (secondary N) is 3. The molecule has 0 aliphatic rings. The first-order chi connectivity index (χ1) is 9.45. The molecule has 1 rings (SSSR count). The lowest BCUT2D eigenvalue weighted by Gasteiger charge is -2.14. The van der Waals surface area contributed by atoms with Crippen LogP contribution in [0.15, 0.2) is 18.2 Å². The van der Waals surface area contributed by atoms with Gasteiger partial charge in [-0.05, 0) is 25.5 Å². The monoisotopic (exact) mass is 301 g/mol. The fraction of sp³-hybridized carbons (Fsp3) is 0.385. The Bertz CT molecular complexity index is 497. The zero-order chi connectivity index (χ0) is 15.1. The molecule has 0 heterocycles. The fourth-order valence-electron chi connectivity index (χ4n) is 1.42. The molecule has 1 unspecified atom stereocenters. The molecule has 0 saturated heterocycles. The van der Waals surface area contributed by atoms with Gasteiger partial charge in [0.2, 0.25) is 5.91 Å². The van der Waals surface area contributed by atoms with E-state index in [1.54, 1.807) is 6.92 Å². The second-order valence-corrected chi connectivity index (χ2v) is 4.62. The summed E-state index contributed by atoms with van der Waals surface area (Å²) in [6.07, 6.45) is 0.804. The van der Waals surface area contributed by atoms with Crippen LogP contribution in [0.5, 0.6) is 0 Å². The van der Waals surface area contributed by atoms with E-state index in [0.717, 1.165) is 6.42 Å². The van der Waals surface area contributed by atoms with Gasteiger partial charge in [0.25, 0.3) is 0 Å². The molecule has 5 nitrogen and oxygen atoms in total. The average molecular weight is 302 g/mol. The van der Waals surface area contributed by atoms with Crippen molar-refractivity contribution in [2.24, 2.45) is 0 Å². The SMILES string of the molecule is CCCNC(=O)C(C)NC(=O)Nc1cccc(Cl)c1F. The van der Waals surface area contributed by atoms with Crippen LogP contribution in [-0.4, -0.2) is 24.5 Å². The van der Waals surface area contributed by atoms with E-state index >= 15 is 0 Å². The third kappa shape index (κ3) is 4.70. The smallest absolute Gasteiger partial charge is 0.319 e. The van der Waals surface area contributed by atoms with E-state index in [0.29, 0.717) is 6.54 Å². The lowest BCUT2D eigenvalue weighted by Crippen LogP contribution is -2.46. The number of carbonyl (C=O) groups excluding carboxylic acids is 2. The van der Waals surface area contributed by atoms with E-state index in [4.69, 9.17) is 11.6 Å². The lowest BCUT2D eigenvalue weighted by atomic mass is 10.3. The van der Waals surface area contributed by atoms with Gasteiger partial charge in [-0.2, -0.15) is 0 Å². The normalized spacial score (nSPS) is 11.6. The van der Waals surface area contributed by atoms with Crippen LogP contribution in [0.3, 0.4) is 0 Å². The molecular weight excluding hydrogens is 285 g/mol. The standard InChI is InChI=1S/C13H17ClFN3O2/c1-3-7-16-12(19)8(2)17-13(20)18-10-6-4-5-9(14)11(10)15/h4-6,8H,3,7H2,1-2H3,(H,16,19)(H2,17,18,20). The van der Waals surface area contributed by atoms with E-state index in [2.05, 4.69) is 16.0 Å². The van der Waals surface area contributed by atoms with Crippen molar-refractivity contribution in [3.05, 3.63) is 29.0 Å². The molecule has 0 spiro atoms. The van der Waals surface area contributed by atoms with Gasteiger partial charge < -0.3 is 16.0 Å². The Kier molecular flexibility index (Phi) is 6.24. The minimum absolute atomic E-state index is 0.0452. The van der Waals surface area contributed by atoms with Crippen molar-refractivity contribution < 1.29 is 14.0 Å². The molecule has 1 aromatic carbocycles. The Hall–Kier alpha value is -1.82. The molecule has 3 amide bonds. The van der Waals surface area contributed by atoms with Gasteiger partial charge in [-0.3, -0.25) is 4.79 Å². The average Bonchev–Trinajstić information content (AvgIpc) is 2.41. The number of urea groups is 1. The third-order valence-electron chi connectivity index (χ3n) is 2.49. The predicted molar refractivity (Wildman–Crippen MR) is 76.3 cm³/mol. The molecule has 7 heteroatoms. The summed E-state index contributed by atoms with van der Waals surface area (Å²) in [5, 5.41) is 7.27. The van der Waals surface area contributed by atoms with E-state index in [1.165, 1.54) is 18.2 Å². The van der Waals surface area contributed by atoms with Crippen molar-refractivity contribution in [2.75, 3.05) is 11.9 Å². The van der Waals surface area contributed by atoms with Crippen LogP contribution in [0.2, 0.25) is 5.02 Å². The zero-order valence-corrected chi connectivity index (χ0v) is 12.1. The number of halogens is 2. The molecule has 0 saturated carbocycles. The molecule has 0 fully saturated rings. The van der Waals surface area contributed by atoms with Crippen LogP contribution in [0.25, 0.3) is 0 Å². The molecule has 1 aromatic rings. The molecule has 110 valence electrons. The molecule has 0 radical (unpaired) electrons. The Morgan fingerprint density at radius 2 is 2.10 bits per heavy atom. The molecule has 0 aromatic heterocycles. The summed E-state index contributed by atoms with van der Waals surface area (Å²) in [5.41, 5.74) is -0.0452. The number of rotatable bonds is 5. The van der Waals surface area contributed by atoms with E-state index in [-0.39, 0.29) is 16.6 Å². The zero-order valence-electron chi connectivity index (χ0n) is 11.3. The van der Waals surface area contributed by atoms with Gasteiger partial charge in [0.15, 0.2) is 5.82 Å². The van der Waals surface area contributed by atoms with Crippen LogP contribution < -0.4 is 16.0 Å². The number of amides is 3. The van der Waals surface area contributed by atoms with E-state index in [1.807, 2.05) is 6.92 Å². The summed E-state index contributed by atoms with van der Waals surface area (Å²) in [6.45, 7) is 4.00. The van der Waals surface area contributed by atoms with Crippen molar-refractivity contribution in [3.8, 4) is 0 Å². The van der Waals surface area contributed by atoms with Crippen molar-refractivity contribution >= 4 is 29.2 Å². The first-order valence-corrected chi connectivity index (χ1v) is 6.62. The van der Waals surface area contributed by atoms with Crippen molar-refractivity contribution in [1.82, 2.24) is 10.6 Å². The van der Waals surface area contributed by atoms with Gasteiger partial charge in [-0.15, -0.1) is 0 Å². The highest BCUT2D eigenvalue weighted by Crippen LogP contribution is 2.21. The Morgan fingerprint density at radius 3 is 2.75 bits per heavy atom. The molecule has 1 atom stereocenters. The maximum atomic E-state index is 13.6. The molecule has 0 aliphatic heterocycles. The molecule has 0 aliphatic carbocycles. The summed E-state index contributed by atoms with van der Waals surface area (Å²) in [4.78, 5) is 23.2. The quantitative estimate of drug-likeness (QED) is 0.782. The first kappa shape index (κ1) is 16.2. The van der Waals surface area contributed by atoms with E-state index in [9.17, 15) is 14.0 Å². The second kappa shape index (κ2) is 7.69. The molecule has 20 heavy (non-hydrogen) atoms. The fourth-order valence-corrected chi connectivity index (χ4v) is 1.60. The third-order valence-corrected chi connectivity index (χ3v) is 2.78. The number of anilines is 1. The van der Waals surface area contributed by atoms with Gasteiger partial charge >= 0.3 is 6.03 Å². The van der Waals surface area contributed by atoms with Gasteiger partial charge in [0.05, 0.1) is 10.7 Å². The van der Waals surface area contributed by atoms with Crippen LogP contribution in [0.4, 0.5) is 14.9 Å². The minimum Gasteiger partial charge on any atom is -0.354 e. The first-order valence-electron chi connectivity index (χ1n) is 6.25. The lowest BCUT2D eigenvalue weighted by molar-refractivity contribution is -0.122. The van der Waals surface area contributed by atoms with Crippen LogP contribution in [0.1, 0.15) is 20.3 Å². The number of carbonyl (C=O) groups is 2. The predicted octanol–water partition coefficient (Wildman–Crippen LogP) is 2.52. The Labute approximate surface area is 121 Å². The summed E-state index contributed by atoms with van der Waals surface area (Å²) in [5.74, 6) is -1.01. The summed E-state index contributed by atoms with van der Waals surface area (Å²) >= 11 is 5.60. The molecule has 3 N–H and O–H groups in total. The van der Waals surface area contributed by atoms with E-state index < -0.39 is 17.9 Å². The Morgan fingerprint density at radius 1 is 1.40 bits per heavy atom. The number of hydrogen-bond donors (Lipinski definition) is 3. The highest BCUT2D eigenvalue weighted by molar-refractivity contribution is 6.31. The largest absolute Gasteiger partial charge is 0.354 e. The number of hydrogen-bond acceptors (Lipinski definition) is 2. The highest BCUT2D eigenvalue weighted by Gasteiger charge is 2.16. The molecular formula is C13H17ClFN3O2. The summed E-state index contributed by atoms with van der Waals surface area (Å²) in [7, 11) is 0. The van der Waals surface area contributed by atoms with Crippen LogP contribution in [-0.2, 0) is 4.79 Å².